The van der Waals surface area contributed by atoms with Crippen LogP contribution >= 0.6 is 24.0 Å². The molecule has 0 radical (unpaired) electrons. The van der Waals surface area contributed by atoms with Crippen molar-refractivity contribution in [2.24, 2.45) is 4.99 Å². The van der Waals surface area contributed by atoms with Crippen LogP contribution < -0.4 is 15.4 Å². The third kappa shape index (κ3) is 9.45. The van der Waals surface area contributed by atoms with Crippen LogP contribution in [0.2, 0.25) is 0 Å². The van der Waals surface area contributed by atoms with Gasteiger partial charge in [0.15, 0.2) is 5.96 Å². The minimum atomic E-state index is 0. The Bertz CT molecular complexity index is 767. The number of rotatable bonds is 10. The molecule has 2 aromatic carbocycles. The van der Waals surface area contributed by atoms with Crippen LogP contribution in [0.5, 0.6) is 5.75 Å². The highest BCUT2D eigenvalue weighted by Gasteiger charge is 2.12. The second-order valence-corrected chi connectivity index (χ2v) is 7.29. The van der Waals surface area contributed by atoms with E-state index in [1.165, 1.54) is 11.1 Å². The van der Waals surface area contributed by atoms with E-state index in [1.54, 1.807) is 0 Å². The van der Waals surface area contributed by atoms with E-state index in [0.717, 1.165) is 64.1 Å². The molecule has 0 unspecified atom stereocenters. The first kappa shape index (κ1) is 25.4. The van der Waals surface area contributed by atoms with Gasteiger partial charge < -0.3 is 20.1 Å². The number of guanidine groups is 1. The first-order valence-electron chi connectivity index (χ1n) is 10.9. The quantitative estimate of drug-likeness (QED) is 0.209. The van der Waals surface area contributed by atoms with Gasteiger partial charge in [-0.05, 0) is 36.6 Å². The number of ether oxygens (including phenoxy) is 2. The Morgan fingerprint density at radius 3 is 2.45 bits per heavy atom. The number of nitrogens with one attached hydrogen (secondary N) is 2. The fourth-order valence-electron chi connectivity index (χ4n) is 3.36. The van der Waals surface area contributed by atoms with Crippen molar-refractivity contribution >= 4 is 29.9 Å². The monoisotopic (exact) mass is 538 g/mol. The summed E-state index contributed by atoms with van der Waals surface area (Å²) < 4.78 is 11.2. The maximum atomic E-state index is 5.75. The molecule has 0 aromatic heterocycles. The summed E-state index contributed by atoms with van der Waals surface area (Å²) in [5.41, 5.74) is 2.61. The van der Waals surface area contributed by atoms with Crippen LogP contribution in [0.25, 0.3) is 0 Å². The molecule has 1 aliphatic heterocycles. The predicted molar refractivity (Wildman–Crippen MR) is 137 cm³/mol. The summed E-state index contributed by atoms with van der Waals surface area (Å²) in [5.74, 6) is 1.76. The molecule has 0 amide bonds. The Kier molecular flexibility index (Phi) is 12.3. The van der Waals surface area contributed by atoms with Crippen LogP contribution in [-0.4, -0.2) is 56.9 Å². The van der Waals surface area contributed by atoms with E-state index in [0.29, 0.717) is 13.2 Å². The number of para-hydroxylation sites is 1. The van der Waals surface area contributed by atoms with Gasteiger partial charge in [-0.15, -0.1) is 24.0 Å². The molecule has 170 valence electrons. The molecule has 0 atom stereocenters. The van der Waals surface area contributed by atoms with Gasteiger partial charge in [0.1, 0.15) is 5.75 Å². The highest BCUT2D eigenvalue weighted by atomic mass is 127. The average molecular weight is 538 g/mol. The Morgan fingerprint density at radius 2 is 1.71 bits per heavy atom. The van der Waals surface area contributed by atoms with Crippen molar-refractivity contribution in [1.82, 2.24) is 15.5 Å². The number of halogens is 1. The highest BCUT2D eigenvalue weighted by molar-refractivity contribution is 14.0. The van der Waals surface area contributed by atoms with E-state index < -0.39 is 0 Å². The molecule has 0 saturated carbocycles. The van der Waals surface area contributed by atoms with E-state index in [9.17, 15) is 0 Å². The van der Waals surface area contributed by atoms with Gasteiger partial charge in [0.2, 0.25) is 0 Å². The van der Waals surface area contributed by atoms with Crippen molar-refractivity contribution in [1.29, 1.82) is 0 Å². The molecule has 1 fully saturated rings. The molecular formula is C24H35IN4O2. The topological polar surface area (TPSA) is 58.1 Å². The Hall–Kier alpha value is -1.84. The van der Waals surface area contributed by atoms with Crippen molar-refractivity contribution in [3.8, 4) is 5.75 Å². The minimum Gasteiger partial charge on any atom is -0.494 e. The third-order valence-electron chi connectivity index (χ3n) is 4.99. The average Bonchev–Trinajstić information content (AvgIpc) is 2.79. The summed E-state index contributed by atoms with van der Waals surface area (Å²) in [4.78, 5) is 7.25. The fraction of sp³-hybridized carbons (Fsp3) is 0.458. The van der Waals surface area contributed by atoms with Crippen molar-refractivity contribution in [3.05, 3.63) is 65.7 Å². The molecule has 0 bridgehead atoms. The van der Waals surface area contributed by atoms with Gasteiger partial charge in [-0.1, -0.05) is 42.5 Å². The summed E-state index contributed by atoms with van der Waals surface area (Å²) in [6, 6.07) is 18.5. The van der Waals surface area contributed by atoms with E-state index >= 15 is 0 Å². The lowest BCUT2D eigenvalue weighted by molar-refractivity contribution is 0.0341. The number of hydrogen-bond acceptors (Lipinski definition) is 4. The second-order valence-electron chi connectivity index (χ2n) is 7.29. The van der Waals surface area contributed by atoms with Crippen LogP contribution in [0.1, 0.15) is 24.5 Å². The summed E-state index contributed by atoms with van der Waals surface area (Å²) in [6.07, 6.45) is 0.910. The number of morpholine rings is 1. The summed E-state index contributed by atoms with van der Waals surface area (Å²) in [5, 5.41) is 6.74. The van der Waals surface area contributed by atoms with Gasteiger partial charge in [0, 0.05) is 32.7 Å². The standard InChI is InChI=1S/C24H34N4O2.HI/c1-2-25-24(26-13-8-16-30-23-11-4-3-5-12-23)27-19-21-9-6-7-10-22(21)20-28-14-17-29-18-15-28;/h3-7,9-12H,2,8,13-20H2,1H3,(H2,25,26,27);1H. The van der Waals surface area contributed by atoms with E-state index in [-0.39, 0.29) is 24.0 Å². The molecule has 31 heavy (non-hydrogen) atoms. The predicted octanol–water partition coefficient (Wildman–Crippen LogP) is 3.66. The Labute approximate surface area is 203 Å². The van der Waals surface area contributed by atoms with Crippen LogP contribution in [-0.2, 0) is 17.8 Å². The zero-order chi connectivity index (χ0) is 20.9. The molecule has 2 aromatic rings. The van der Waals surface area contributed by atoms with Crippen molar-refractivity contribution in [3.63, 3.8) is 0 Å². The van der Waals surface area contributed by atoms with Gasteiger partial charge >= 0.3 is 0 Å². The molecule has 0 aliphatic carbocycles. The first-order valence-corrected chi connectivity index (χ1v) is 10.9. The number of benzene rings is 2. The van der Waals surface area contributed by atoms with Gasteiger partial charge in [-0.2, -0.15) is 0 Å². The molecule has 1 heterocycles. The molecule has 1 aliphatic rings. The molecule has 3 rings (SSSR count). The lowest BCUT2D eigenvalue weighted by atomic mass is 10.1. The van der Waals surface area contributed by atoms with Crippen molar-refractivity contribution in [2.45, 2.75) is 26.4 Å². The van der Waals surface area contributed by atoms with Gasteiger partial charge in [-0.25, -0.2) is 4.99 Å². The summed E-state index contributed by atoms with van der Waals surface area (Å²) in [6.45, 7) is 9.66. The normalized spacial score (nSPS) is 14.5. The Morgan fingerprint density at radius 1 is 1.00 bits per heavy atom. The zero-order valence-corrected chi connectivity index (χ0v) is 20.7. The largest absolute Gasteiger partial charge is 0.494 e. The molecular weight excluding hydrogens is 503 g/mol. The van der Waals surface area contributed by atoms with Crippen LogP contribution in [0, 0.1) is 0 Å². The lowest BCUT2D eigenvalue weighted by Crippen LogP contribution is -2.38. The SMILES string of the molecule is CCNC(=NCc1ccccc1CN1CCOCC1)NCCCOc1ccccc1.I. The maximum absolute atomic E-state index is 5.75. The molecule has 7 heteroatoms. The van der Waals surface area contributed by atoms with Crippen molar-refractivity contribution in [2.75, 3.05) is 46.0 Å². The second kappa shape index (κ2) is 15.0. The van der Waals surface area contributed by atoms with E-state index in [1.807, 2.05) is 30.3 Å². The Balaban J connectivity index is 0.00000341. The summed E-state index contributed by atoms with van der Waals surface area (Å²) >= 11 is 0. The number of nitrogens with zero attached hydrogens (tertiary/aromatic N) is 2. The van der Waals surface area contributed by atoms with E-state index in [4.69, 9.17) is 14.5 Å². The highest BCUT2D eigenvalue weighted by Crippen LogP contribution is 2.14. The molecule has 0 spiro atoms. The number of hydrogen-bond donors (Lipinski definition) is 2. The van der Waals surface area contributed by atoms with Crippen LogP contribution in [0.3, 0.4) is 0 Å². The smallest absolute Gasteiger partial charge is 0.191 e. The zero-order valence-electron chi connectivity index (χ0n) is 18.4. The number of aliphatic imine (C=N–C) groups is 1. The van der Waals surface area contributed by atoms with Gasteiger partial charge in [0.05, 0.1) is 26.4 Å². The minimum absolute atomic E-state index is 0. The third-order valence-corrected chi connectivity index (χ3v) is 4.99. The van der Waals surface area contributed by atoms with Gasteiger partial charge in [0.25, 0.3) is 0 Å². The molecule has 1 saturated heterocycles. The first-order chi connectivity index (χ1) is 14.8. The van der Waals surface area contributed by atoms with Crippen molar-refractivity contribution < 1.29 is 9.47 Å². The fourth-order valence-corrected chi connectivity index (χ4v) is 3.36. The lowest BCUT2D eigenvalue weighted by Gasteiger charge is -2.27. The van der Waals surface area contributed by atoms with Crippen LogP contribution in [0.4, 0.5) is 0 Å². The van der Waals surface area contributed by atoms with Crippen LogP contribution in [0.15, 0.2) is 59.6 Å². The molecule has 2 N–H and O–H groups in total. The molecule has 6 nitrogen and oxygen atoms in total. The van der Waals surface area contributed by atoms with Gasteiger partial charge in [-0.3, -0.25) is 4.90 Å². The maximum Gasteiger partial charge on any atom is 0.191 e. The van der Waals surface area contributed by atoms with E-state index in [2.05, 4.69) is 46.7 Å². The summed E-state index contributed by atoms with van der Waals surface area (Å²) in [7, 11) is 0.